The predicted octanol–water partition coefficient (Wildman–Crippen LogP) is 3.00. The summed E-state index contributed by atoms with van der Waals surface area (Å²) in [5.41, 5.74) is -1.18. The average Bonchev–Trinajstić information content (AvgIpc) is 2.38. The van der Waals surface area contributed by atoms with Crippen LogP contribution >= 0.6 is 0 Å². The number of carboxylic acids is 1. The zero-order chi connectivity index (χ0) is 16.6. The summed E-state index contributed by atoms with van der Waals surface area (Å²) in [5, 5.41) is 7.90. The highest BCUT2D eigenvalue weighted by atomic mass is 19.3. The summed E-state index contributed by atoms with van der Waals surface area (Å²) < 4.78 is 90.7. The van der Waals surface area contributed by atoms with Crippen molar-refractivity contribution in [1.29, 1.82) is 0 Å². The zero-order valence-corrected chi connectivity index (χ0v) is 9.72. The summed E-state index contributed by atoms with van der Waals surface area (Å²) >= 11 is 0. The summed E-state index contributed by atoms with van der Waals surface area (Å²) in [6.45, 7) is 0. The number of alkyl halides is 6. The number of halogens is 7. The van der Waals surface area contributed by atoms with Crippen molar-refractivity contribution in [3.05, 3.63) is 35.6 Å². The Kier molecular flexibility index (Phi) is 4.04. The van der Waals surface area contributed by atoms with Crippen molar-refractivity contribution in [3.63, 3.8) is 0 Å². The normalized spacial score (nSPS) is 13.1. The van der Waals surface area contributed by atoms with E-state index in [4.69, 9.17) is 5.11 Å². The van der Waals surface area contributed by atoms with Crippen LogP contribution in [-0.4, -0.2) is 34.6 Å². The van der Waals surface area contributed by atoms with Crippen molar-refractivity contribution in [2.24, 2.45) is 0 Å². The third-order valence-corrected chi connectivity index (χ3v) is 2.45. The second kappa shape index (κ2) is 5.01. The molecule has 1 aromatic carbocycles. The van der Waals surface area contributed by atoms with Gasteiger partial charge in [0.2, 0.25) is 5.78 Å². The van der Waals surface area contributed by atoms with Gasteiger partial charge in [0.15, 0.2) is 0 Å². The highest BCUT2D eigenvalue weighted by molar-refractivity contribution is 6.02. The third-order valence-electron chi connectivity index (χ3n) is 2.45. The zero-order valence-electron chi connectivity index (χ0n) is 9.72. The topological polar surface area (TPSA) is 54.4 Å². The summed E-state index contributed by atoms with van der Waals surface area (Å²) in [7, 11) is 0. The van der Waals surface area contributed by atoms with Gasteiger partial charge in [0, 0.05) is 5.56 Å². The third kappa shape index (κ3) is 2.57. The van der Waals surface area contributed by atoms with E-state index in [0.717, 1.165) is 0 Å². The van der Waals surface area contributed by atoms with Crippen LogP contribution < -0.4 is 0 Å². The minimum Gasteiger partial charge on any atom is -0.477 e. The highest BCUT2D eigenvalue weighted by Gasteiger charge is 2.78. The summed E-state index contributed by atoms with van der Waals surface area (Å²) in [5.74, 6) is -25.9. The quantitative estimate of drug-likeness (QED) is 0.671. The van der Waals surface area contributed by atoms with Crippen molar-refractivity contribution >= 4 is 11.8 Å². The lowest BCUT2D eigenvalue weighted by Crippen LogP contribution is -2.60. The van der Waals surface area contributed by atoms with Crippen molar-refractivity contribution in [3.8, 4) is 0 Å². The van der Waals surface area contributed by atoms with Gasteiger partial charge in [-0.1, -0.05) is 0 Å². The summed E-state index contributed by atoms with van der Waals surface area (Å²) in [6.07, 6.45) is 0. The highest BCUT2D eigenvalue weighted by Crippen LogP contribution is 2.47. The van der Waals surface area contributed by atoms with Crippen LogP contribution in [0.5, 0.6) is 0 Å². The Balaban J connectivity index is 3.29. The molecule has 1 rings (SSSR count). The number of carbonyl (C=O) groups is 2. The van der Waals surface area contributed by atoms with Crippen molar-refractivity contribution in [2.45, 2.75) is 17.8 Å². The fourth-order valence-corrected chi connectivity index (χ4v) is 1.26. The van der Waals surface area contributed by atoms with E-state index >= 15 is 0 Å². The van der Waals surface area contributed by atoms with E-state index in [1.54, 1.807) is 0 Å². The lowest BCUT2D eigenvalue weighted by Gasteiger charge is -2.29. The minimum absolute atomic E-state index is 0.376. The monoisotopic (exact) mass is 318 g/mol. The van der Waals surface area contributed by atoms with E-state index in [1.807, 2.05) is 0 Å². The molecular formula is C11H5F7O3. The molecule has 0 saturated carbocycles. The molecule has 0 aliphatic carbocycles. The number of aliphatic carboxylic acids is 1. The number of hydrogen-bond donors (Lipinski definition) is 1. The van der Waals surface area contributed by atoms with Gasteiger partial charge < -0.3 is 5.11 Å². The summed E-state index contributed by atoms with van der Waals surface area (Å²) in [4.78, 5) is 21.2. The molecule has 0 atom stereocenters. The number of rotatable bonds is 5. The molecule has 21 heavy (non-hydrogen) atoms. The van der Waals surface area contributed by atoms with Gasteiger partial charge in [-0.05, 0) is 24.3 Å². The van der Waals surface area contributed by atoms with Gasteiger partial charge in [-0.15, -0.1) is 0 Å². The Labute approximate surface area is 112 Å². The molecule has 1 N–H and O–H groups in total. The first-order chi connectivity index (χ1) is 9.35. The maximum Gasteiger partial charge on any atom is 0.411 e. The van der Waals surface area contributed by atoms with Gasteiger partial charge in [0.05, 0.1) is 0 Å². The Morgan fingerprint density at radius 3 is 1.67 bits per heavy atom. The van der Waals surface area contributed by atoms with E-state index in [-0.39, 0.29) is 0 Å². The van der Waals surface area contributed by atoms with Crippen LogP contribution in [0, 0.1) is 5.82 Å². The number of carbonyl (C=O) groups excluding carboxylic acids is 1. The van der Waals surface area contributed by atoms with Crippen LogP contribution in [0.25, 0.3) is 0 Å². The molecule has 0 bridgehead atoms. The molecule has 0 radical (unpaired) electrons. The Hall–Kier alpha value is -2.13. The first kappa shape index (κ1) is 16.9. The van der Waals surface area contributed by atoms with E-state index in [1.165, 1.54) is 0 Å². The molecule has 116 valence electrons. The van der Waals surface area contributed by atoms with E-state index in [0.29, 0.717) is 24.3 Å². The van der Waals surface area contributed by atoms with Crippen LogP contribution in [0.3, 0.4) is 0 Å². The van der Waals surface area contributed by atoms with Crippen molar-refractivity contribution < 1.29 is 45.4 Å². The SMILES string of the molecule is O=C(O)C(F)(F)C(F)(F)C(F)(F)C(=O)c1ccc(F)cc1. The van der Waals surface area contributed by atoms with Gasteiger partial charge in [-0.2, -0.15) is 26.3 Å². The molecule has 0 unspecified atom stereocenters. The first-order valence-electron chi connectivity index (χ1n) is 5.03. The summed E-state index contributed by atoms with van der Waals surface area (Å²) in [6, 6.07) is 1.69. The van der Waals surface area contributed by atoms with Gasteiger partial charge in [0.1, 0.15) is 5.82 Å². The van der Waals surface area contributed by atoms with E-state index in [2.05, 4.69) is 0 Å². The van der Waals surface area contributed by atoms with E-state index < -0.39 is 40.9 Å². The molecular weight excluding hydrogens is 313 g/mol. The second-order valence-electron chi connectivity index (χ2n) is 3.86. The first-order valence-corrected chi connectivity index (χ1v) is 5.03. The van der Waals surface area contributed by atoms with Crippen molar-refractivity contribution in [2.75, 3.05) is 0 Å². The Morgan fingerprint density at radius 2 is 1.29 bits per heavy atom. The molecule has 0 heterocycles. The number of hydrogen-bond acceptors (Lipinski definition) is 2. The van der Waals surface area contributed by atoms with Gasteiger partial charge in [0.25, 0.3) is 0 Å². The number of Topliss-reactive ketones (excluding diaryl/α,β-unsaturated/α-hetero) is 1. The van der Waals surface area contributed by atoms with Crippen LogP contribution in [0.1, 0.15) is 10.4 Å². The molecule has 1 aromatic rings. The largest absolute Gasteiger partial charge is 0.477 e. The van der Waals surface area contributed by atoms with Gasteiger partial charge in [-0.3, -0.25) is 4.79 Å². The molecule has 0 aromatic heterocycles. The molecule has 0 saturated heterocycles. The van der Waals surface area contributed by atoms with Crippen LogP contribution in [0.2, 0.25) is 0 Å². The maximum atomic E-state index is 13.3. The van der Waals surface area contributed by atoms with Crippen LogP contribution in [0.15, 0.2) is 24.3 Å². The Morgan fingerprint density at radius 1 is 0.857 bits per heavy atom. The Bertz CT molecular complexity index is 566. The lowest BCUT2D eigenvalue weighted by atomic mass is 9.96. The molecule has 0 fully saturated rings. The van der Waals surface area contributed by atoms with E-state index in [9.17, 15) is 40.3 Å². The molecule has 0 aliphatic rings. The van der Waals surface area contributed by atoms with Gasteiger partial charge >= 0.3 is 23.7 Å². The molecule has 0 amide bonds. The standard InChI is InChI=1S/C11H5F7O3/c12-6-3-1-5(2-4-6)7(19)9(13,14)11(17,18)10(15,16)8(20)21/h1-4H,(H,20,21). The smallest absolute Gasteiger partial charge is 0.411 e. The number of ketones is 1. The fraction of sp³-hybridized carbons (Fsp3) is 0.273. The van der Waals surface area contributed by atoms with Gasteiger partial charge in [-0.25, -0.2) is 9.18 Å². The second-order valence-corrected chi connectivity index (χ2v) is 3.86. The van der Waals surface area contributed by atoms with Crippen LogP contribution in [0.4, 0.5) is 30.7 Å². The maximum absolute atomic E-state index is 13.3. The fourth-order valence-electron chi connectivity index (χ4n) is 1.26. The number of benzene rings is 1. The molecule has 0 aliphatic heterocycles. The number of carboxylic acid groups (broad SMARTS) is 1. The van der Waals surface area contributed by atoms with Crippen molar-refractivity contribution in [1.82, 2.24) is 0 Å². The molecule has 0 spiro atoms. The molecule has 3 nitrogen and oxygen atoms in total. The average molecular weight is 318 g/mol. The molecule has 10 heteroatoms. The predicted molar refractivity (Wildman–Crippen MR) is 53.2 cm³/mol. The van der Waals surface area contributed by atoms with Crippen LogP contribution in [-0.2, 0) is 4.79 Å². The lowest BCUT2D eigenvalue weighted by molar-refractivity contribution is -0.285. The minimum atomic E-state index is -6.47.